The first-order chi connectivity index (χ1) is 6.09. The molecule has 0 nitrogen and oxygen atoms in total. The lowest BCUT2D eigenvalue weighted by atomic mass is 9.96. The SMILES string of the molecule is C[Si](C)(C)c1cc[c-]2c1CCCC2. The van der Waals surface area contributed by atoms with Gasteiger partial charge in [-0.1, -0.05) is 45.3 Å². The van der Waals surface area contributed by atoms with E-state index in [9.17, 15) is 0 Å². The highest BCUT2D eigenvalue weighted by molar-refractivity contribution is 6.89. The smallest absolute Gasteiger partial charge is 0.00419 e. The van der Waals surface area contributed by atoms with Gasteiger partial charge in [0.15, 0.2) is 0 Å². The number of fused-ring (bicyclic) bond motifs is 1. The average Bonchev–Trinajstić information content (AvgIpc) is 2.45. The van der Waals surface area contributed by atoms with E-state index in [1.165, 1.54) is 25.7 Å². The largest absolute Gasteiger partial charge is 0.212 e. The fourth-order valence-corrected chi connectivity index (χ4v) is 4.18. The molecule has 0 amide bonds. The molecule has 72 valence electrons. The van der Waals surface area contributed by atoms with Crippen molar-refractivity contribution in [3.05, 3.63) is 23.3 Å². The van der Waals surface area contributed by atoms with Gasteiger partial charge in [-0.25, -0.2) is 6.07 Å². The van der Waals surface area contributed by atoms with E-state index in [-0.39, 0.29) is 0 Å². The zero-order chi connectivity index (χ0) is 9.47. The molecule has 0 radical (unpaired) electrons. The molecule has 0 unspecified atom stereocenters. The summed E-state index contributed by atoms with van der Waals surface area (Å²) in [5, 5.41) is 1.72. The molecule has 0 aromatic heterocycles. The van der Waals surface area contributed by atoms with E-state index >= 15 is 0 Å². The van der Waals surface area contributed by atoms with Crippen LogP contribution < -0.4 is 5.19 Å². The maximum absolute atomic E-state index is 2.46. The lowest BCUT2D eigenvalue weighted by Crippen LogP contribution is -2.39. The van der Waals surface area contributed by atoms with Crippen LogP contribution in [-0.2, 0) is 12.8 Å². The summed E-state index contributed by atoms with van der Waals surface area (Å²) in [6.07, 6.45) is 5.50. The molecule has 1 aliphatic carbocycles. The first-order valence-corrected chi connectivity index (χ1v) is 8.87. The first kappa shape index (κ1) is 9.13. The third-order valence-electron chi connectivity index (χ3n) is 3.09. The van der Waals surface area contributed by atoms with E-state index in [0.717, 1.165) is 0 Å². The Hall–Kier alpha value is -0.433. The lowest BCUT2D eigenvalue weighted by molar-refractivity contribution is 0.692. The van der Waals surface area contributed by atoms with Crippen LogP contribution in [0.25, 0.3) is 0 Å². The fourth-order valence-electron chi connectivity index (χ4n) is 2.41. The van der Waals surface area contributed by atoms with Crippen LogP contribution in [0.2, 0.25) is 19.6 Å². The molecule has 0 spiro atoms. The first-order valence-electron chi connectivity index (χ1n) is 5.37. The molecule has 1 heteroatoms. The van der Waals surface area contributed by atoms with Crippen molar-refractivity contribution in [1.29, 1.82) is 0 Å². The maximum atomic E-state index is 2.46. The molecule has 2 rings (SSSR count). The summed E-state index contributed by atoms with van der Waals surface area (Å²) >= 11 is 0. The predicted molar refractivity (Wildman–Crippen MR) is 61.7 cm³/mol. The van der Waals surface area contributed by atoms with Gasteiger partial charge in [-0.3, -0.25) is 0 Å². The second kappa shape index (κ2) is 3.05. The van der Waals surface area contributed by atoms with Crippen LogP contribution in [0.3, 0.4) is 0 Å². The zero-order valence-corrected chi connectivity index (χ0v) is 9.98. The lowest BCUT2D eigenvalue weighted by Gasteiger charge is -2.29. The average molecular weight is 191 g/mol. The molecule has 0 fully saturated rings. The van der Waals surface area contributed by atoms with Gasteiger partial charge >= 0.3 is 0 Å². The Bertz CT molecular complexity index is 301. The Labute approximate surface area is 82.4 Å². The third-order valence-corrected chi connectivity index (χ3v) is 5.18. The second-order valence-corrected chi connectivity index (χ2v) is 10.2. The van der Waals surface area contributed by atoms with Crippen LogP contribution in [-0.4, -0.2) is 8.07 Å². The molecule has 0 atom stereocenters. The van der Waals surface area contributed by atoms with Crippen molar-refractivity contribution < 1.29 is 0 Å². The standard InChI is InChI=1S/C12H19Si/c1-13(2,3)12-9-8-10-6-4-5-7-11(10)12/h8-9H,4-7H2,1-3H3/q-1. The van der Waals surface area contributed by atoms with E-state index in [1.807, 2.05) is 0 Å². The molecule has 0 aliphatic heterocycles. The van der Waals surface area contributed by atoms with Gasteiger partial charge in [-0.15, -0.1) is 0 Å². The van der Waals surface area contributed by atoms with Gasteiger partial charge in [0.2, 0.25) is 0 Å². The van der Waals surface area contributed by atoms with Gasteiger partial charge in [0.05, 0.1) is 0 Å². The summed E-state index contributed by atoms with van der Waals surface area (Å²) in [7, 11) is -1.06. The Morgan fingerprint density at radius 3 is 2.69 bits per heavy atom. The molecular weight excluding hydrogens is 172 g/mol. The van der Waals surface area contributed by atoms with E-state index in [1.54, 1.807) is 16.3 Å². The van der Waals surface area contributed by atoms with E-state index in [4.69, 9.17) is 0 Å². The topological polar surface area (TPSA) is 0 Å². The Balaban J connectivity index is 2.43. The van der Waals surface area contributed by atoms with E-state index < -0.39 is 8.07 Å². The molecule has 13 heavy (non-hydrogen) atoms. The van der Waals surface area contributed by atoms with Crippen LogP contribution in [0.15, 0.2) is 12.1 Å². The molecule has 0 saturated carbocycles. The molecule has 0 bridgehead atoms. The molecule has 0 N–H and O–H groups in total. The zero-order valence-electron chi connectivity index (χ0n) is 8.98. The van der Waals surface area contributed by atoms with Crippen molar-refractivity contribution >= 4 is 13.3 Å². The summed E-state index contributed by atoms with van der Waals surface area (Å²) in [5.74, 6) is 0. The van der Waals surface area contributed by atoms with Crippen LogP contribution in [0, 0.1) is 0 Å². The van der Waals surface area contributed by atoms with Crippen LogP contribution in [0.5, 0.6) is 0 Å². The van der Waals surface area contributed by atoms with Gasteiger partial charge < -0.3 is 0 Å². The fraction of sp³-hybridized carbons (Fsp3) is 0.583. The van der Waals surface area contributed by atoms with Crippen molar-refractivity contribution in [3.63, 3.8) is 0 Å². The summed E-state index contributed by atoms with van der Waals surface area (Å²) in [6, 6.07) is 4.78. The minimum Gasteiger partial charge on any atom is -0.212 e. The van der Waals surface area contributed by atoms with Crippen molar-refractivity contribution in [2.24, 2.45) is 0 Å². The normalized spacial score (nSPS) is 17.2. The van der Waals surface area contributed by atoms with Gasteiger partial charge in [0.25, 0.3) is 0 Å². The number of hydrogen-bond donors (Lipinski definition) is 0. The summed E-state index contributed by atoms with van der Waals surface area (Å²) in [4.78, 5) is 0. The van der Waals surface area contributed by atoms with Crippen LogP contribution in [0.4, 0.5) is 0 Å². The molecule has 0 saturated heterocycles. The summed E-state index contributed by atoms with van der Waals surface area (Å²) < 4.78 is 0. The summed E-state index contributed by atoms with van der Waals surface area (Å²) in [6.45, 7) is 7.37. The highest BCUT2D eigenvalue weighted by Gasteiger charge is 2.15. The van der Waals surface area contributed by atoms with Crippen LogP contribution in [0.1, 0.15) is 24.0 Å². The Kier molecular flexibility index (Phi) is 2.15. The molecule has 1 aromatic carbocycles. The minimum atomic E-state index is -1.06. The number of hydrogen-bond acceptors (Lipinski definition) is 0. The van der Waals surface area contributed by atoms with Gasteiger partial charge in [0.1, 0.15) is 0 Å². The maximum Gasteiger partial charge on any atom is 0.00419 e. The van der Waals surface area contributed by atoms with Gasteiger partial charge in [0, 0.05) is 8.07 Å². The van der Waals surface area contributed by atoms with Crippen molar-refractivity contribution in [2.45, 2.75) is 45.3 Å². The molecule has 1 aliphatic rings. The Morgan fingerprint density at radius 2 is 2.00 bits per heavy atom. The van der Waals surface area contributed by atoms with Gasteiger partial charge in [-0.2, -0.15) is 22.4 Å². The number of aryl methyl sites for hydroxylation is 1. The van der Waals surface area contributed by atoms with Gasteiger partial charge in [-0.05, 0) is 0 Å². The monoisotopic (exact) mass is 191 g/mol. The molecule has 1 aromatic rings. The minimum absolute atomic E-state index is 1.06. The van der Waals surface area contributed by atoms with Crippen molar-refractivity contribution in [3.8, 4) is 0 Å². The number of rotatable bonds is 1. The Morgan fingerprint density at radius 1 is 1.23 bits per heavy atom. The summed E-state index contributed by atoms with van der Waals surface area (Å²) in [5.41, 5.74) is 3.38. The van der Waals surface area contributed by atoms with E-state index in [0.29, 0.717) is 0 Å². The molecule has 0 heterocycles. The highest BCUT2D eigenvalue weighted by Crippen LogP contribution is 2.22. The second-order valence-electron chi connectivity index (χ2n) is 5.21. The van der Waals surface area contributed by atoms with Crippen LogP contribution >= 0.6 is 0 Å². The highest BCUT2D eigenvalue weighted by atomic mass is 28.3. The van der Waals surface area contributed by atoms with E-state index in [2.05, 4.69) is 31.8 Å². The third kappa shape index (κ3) is 1.62. The van der Waals surface area contributed by atoms with Crippen molar-refractivity contribution in [1.82, 2.24) is 0 Å². The van der Waals surface area contributed by atoms with Crippen molar-refractivity contribution in [2.75, 3.05) is 0 Å². The quantitative estimate of drug-likeness (QED) is 0.473. The molecular formula is C12H19Si-. The predicted octanol–water partition coefficient (Wildman–Crippen LogP) is 2.83.